The van der Waals surface area contributed by atoms with E-state index in [1.807, 2.05) is 0 Å². The first-order valence-corrected chi connectivity index (χ1v) is 7.97. The Balaban J connectivity index is 2.24. The molecule has 0 radical (unpaired) electrons. The summed E-state index contributed by atoms with van der Waals surface area (Å²) in [5.41, 5.74) is 0. The third kappa shape index (κ3) is 3.25. The minimum absolute atomic E-state index is 0.202. The van der Waals surface area contributed by atoms with Gasteiger partial charge in [-0.15, -0.1) is 0 Å². The van der Waals surface area contributed by atoms with Gasteiger partial charge in [0.25, 0.3) is 10.1 Å². The summed E-state index contributed by atoms with van der Waals surface area (Å²) in [4.78, 5) is 14.0. The summed E-state index contributed by atoms with van der Waals surface area (Å²) in [6.07, 6.45) is -3.57. The zero-order valence-corrected chi connectivity index (χ0v) is 12.5. The zero-order chi connectivity index (χ0) is 16.7. The van der Waals surface area contributed by atoms with Crippen LogP contribution in [0.25, 0.3) is 0 Å². The molecule has 1 aliphatic heterocycles. The normalized spacial score (nSPS) is 28.9. The second-order valence-electron chi connectivity index (χ2n) is 4.83. The molecule has 2 heterocycles. The number of nitrogens with zero attached hydrogens (tertiary/aromatic N) is 3. The molecule has 0 amide bonds. The van der Waals surface area contributed by atoms with E-state index in [2.05, 4.69) is 9.17 Å². The molecule has 22 heavy (non-hydrogen) atoms. The quantitative estimate of drug-likeness (QED) is 0.379. The fraction of sp³-hybridized carbons (Fsp3) is 0.700. The van der Waals surface area contributed by atoms with Gasteiger partial charge in [-0.1, -0.05) is 0 Å². The van der Waals surface area contributed by atoms with Crippen molar-refractivity contribution < 1.29 is 32.5 Å². The maximum Gasteiger partial charge on any atom is 0.345 e. The Kier molecular flexibility index (Phi) is 4.49. The molecule has 11 nitrogen and oxygen atoms in total. The Morgan fingerprint density at radius 2 is 2.14 bits per heavy atom. The summed E-state index contributed by atoms with van der Waals surface area (Å²) in [7, 11) is -3.75. The third-order valence-electron chi connectivity index (χ3n) is 3.19. The Bertz CT molecular complexity index is 672. The van der Waals surface area contributed by atoms with Crippen molar-refractivity contribution in [2.45, 2.75) is 31.5 Å². The molecule has 0 saturated carbocycles. The second-order valence-corrected chi connectivity index (χ2v) is 6.47. The molecule has 1 saturated heterocycles. The summed E-state index contributed by atoms with van der Waals surface area (Å²) in [5, 5.41) is 30.9. The highest BCUT2D eigenvalue weighted by Crippen LogP contribution is 2.33. The summed E-state index contributed by atoms with van der Waals surface area (Å²) in [5.74, 6) is -0.217. The molecule has 1 aromatic heterocycles. The van der Waals surface area contributed by atoms with Crippen LogP contribution in [0.4, 0.5) is 5.82 Å². The van der Waals surface area contributed by atoms with Gasteiger partial charge in [0.1, 0.15) is 24.5 Å². The molecule has 1 fully saturated rings. The lowest BCUT2D eigenvalue weighted by Crippen LogP contribution is -2.34. The van der Waals surface area contributed by atoms with Crippen LogP contribution in [-0.2, 0) is 19.0 Å². The predicted molar refractivity (Wildman–Crippen MR) is 70.3 cm³/mol. The van der Waals surface area contributed by atoms with Gasteiger partial charge in [-0.25, -0.2) is 4.98 Å². The first kappa shape index (κ1) is 16.8. The second kappa shape index (κ2) is 5.89. The molecule has 2 N–H and O–H groups in total. The Hall–Kier alpha value is -1.60. The molecule has 0 bridgehead atoms. The molecular formula is C10H15N3O8S. The van der Waals surface area contributed by atoms with Gasteiger partial charge in [0.05, 0.1) is 12.9 Å². The maximum absolute atomic E-state index is 11.0. The van der Waals surface area contributed by atoms with Gasteiger partial charge in [0, 0.05) is 6.92 Å². The van der Waals surface area contributed by atoms with Gasteiger partial charge in [0.15, 0.2) is 5.82 Å². The minimum Gasteiger partial charge on any atom is -0.387 e. The SMILES string of the molecule is Cc1ncc([N+](=O)[O-])n1C1OC(COS(C)(=O)=O)C(O)C1O. The van der Waals surface area contributed by atoms with E-state index < -0.39 is 52.0 Å². The van der Waals surface area contributed by atoms with Gasteiger partial charge in [-0.3, -0.25) is 4.18 Å². The van der Waals surface area contributed by atoms with Gasteiger partial charge >= 0.3 is 5.82 Å². The van der Waals surface area contributed by atoms with E-state index in [0.29, 0.717) is 0 Å². The number of aromatic nitrogens is 2. The average Bonchev–Trinajstić information content (AvgIpc) is 2.90. The zero-order valence-electron chi connectivity index (χ0n) is 11.7. The van der Waals surface area contributed by atoms with E-state index in [9.17, 15) is 28.7 Å². The van der Waals surface area contributed by atoms with E-state index >= 15 is 0 Å². The predicted octanol–water partition coefficient (Wildman–Crippen LogP) is -1.30. The van der Waals surface area contributed by atoms with Crippen molar-refractivity contribution in [2.75, 3.05) is 12.9 Å². The molecule has 1 aliphatic rings. The number of aryl methyl sites for hydroxylation is 1. The van der Waals surface area contributed by atoms with E-state index in [1.54, 1.807) is 0 Å². The first-order valence-electron chi connectivity index (χ1n) is 6.16. The average molecular weight is 337 g/mol. The number of nitro groups is 1. The lowest BCUT2D eigenvalue weighted by atomic mass is 10.1. The Morgan fingerprint density at radius 3 is 2.68 bits per heavy atom. The Morgan fingerprint density at radius 1 is 1.50 bits per heavy atom. The highest BCUT2D eigenvalue weighted by Gasteiger charge is 2.48. The minimum atomic E-state index is -3.75. The van der Waals surface area contributed by atoms with Crippen molar-refractivity contribution in [3.63, 3.8) is 0 Å². The molecule has 0 aliphatic carbocycles. The Labute approximate surface area is 125 Å². The molecule has 2 rings (SSSR count). The van der Waals surface area contributed by atoms with E-state index in [0.717, 1.165) is 17.0 Å². The van der Waals surface area contributed by atoms with Gasteiger partial charge in [-0.05, 0) is 4.92 Å². The van der Waals surface area contributed by atoms with Crippen molar-refractivity contribution in [3.05, 3.63) is 22.1 Å². The largest absolute Gasteiger partial charge is 0.387 e. The monoisotopic (exact) mass is 337 g/mol. The van der Waals surface area contributed by atoms with Crippen molar-refractivity contribution in [3.8, 4) is 0 Å². The molecule has 0 aromatic carbocycles. The third-order valence-corrected chi connectivity index (χ3v) is 3.75. The number of rotatable bonds is 5. The van der Waals surface area contributed by atoms with Crippen LogP contribution in [0.3, 0.4) is 0 Å². The number of imidazole rings is 1. The van der Waals surface area contributed by atoms with Gasteiger partial charge < -0.3 is 25.1 Å². The molecule has 12 heteroatoms. The molecule has 124 valence electrons. The molecule has 0 spiro atoms. The fourth-order valence-corrected chi connectivity index (χ4v) is 2.54. The smallest absolute Gasteiger partial charge is 0.345 e. The topological polar surface area (TPSA) is 154 Å². The number of hydrogen-bond acceptors (Lipinski definition) is 9. The van der Waals surface area contributed by atoms with E-state index in [-0.39, 0.29) is 5.82 Å². The van der Waals surface area contributed by atoms with E-state index in [4.69, 9.17) is 4.74 Å². The number of aliphatic hydroxyl groups is 2. The summed E-state index contributed by atoms with van der Waals surface area (Å²) in [6, 6.07) is 0. The van der Waals surface area contributed by atoms with Crippen LogP contribution < -0.4 is 0 Å². The van der Waals surface area contributed by atoms with Crippen LogP contribution in [0.5, 0.6) is 0 Å². The van der Waals surface area contributed by atoms with Crippen LogP contribution in [0.2, 0.25) is 0 Å². The van der Waals surface area contributed by atoms with Crippen LogP contribution in [0, 0.1) is 17.0 Å². The van der Waals surface area contributed by atoms with Crippen molar-refractivity contribution in [2.24, 2.45) is 0 Å². The van der Waals surface area contributed by atoms with Gasteiger partial charge in [0.2, 0.25) is 6.23 Å². The standard InChI is InChI=1S/C10H15N3O8S/c1-5-11-3-7(13(16)17)12(5)10-9(15)8(14)6(21-10)4-20-22(2,18)19/h3,6,8-10,14-15H,4H2,1-2H3. The summed E-state index contributed by atoms with van der Waals surface area (Å²) >= 11 is 0. The molecule has 4 atom stereocenters. The van der Waals surface area contributed by atoms with Crippen LogP contribution in [0.15, 0.2) is 6.20 Å². The fourth-order valence-electron chi connectivity index (χ4n) is 2.16. The maximum atomic E-state index is 11.0. The molecule has 1 aromatic rings. The lowest BCUT2D eigenvalue weighted by molar-refractivity contribution is -0.394. The molecular weight excluding hydrogens is 322 g/mol. The highest BCUT2D eigenvalue weighted by atomic mass is 32.2. The number of ether oxygens (including phenoxy) is 1. The first-order chi connectivity index (χ1) is 10.1. The summed E-state index contributed by atoms with van der Waals surface area (Å²) in [6.45, 7) is 0.949. The number of aliphatic hydroxyl groups excluding tert-OH is 2. The highest BCUT2D eigenvalue weighted by molar-refractivity contribution is 7.85. The van der Waals surface area contributed by atoms with Crippen LogP contribution in [-0.4, -0.2) is 64.3 Å². The number of hydrogen-bond donors (Lipinski definition) is 2. The van der Waals surface area contributed by atoms with Crippen molar-refractivity contribution in [1.82, 2.24) is 9.55 Å². The summed E-state index contributed by atoms with van der Waals surface area (Å²) < 4.78 is 32.8. The van der Waals surface area contributed by atoms with Crippen LogP contribution >= 0.6 is 0 Å². The van der Waals surface area contributed by atoms with Crippen LogP contribution in [0.1, 0.15) is 12.1 Å². The van der Waals surface area contributed by atoms with Gasteiger partial charge in [-0.2, -0.15) is 13.0 Å². The lowest BCUT2D eigenvalue weighted by Gasteiger charge is -2.13. The molecule has 4 unspecified atom stereocenters. The van der Waals surface area contributed by atoms with Crippen molar-refractivity contribution in [1.29, 1.82) is 0 Å². The van der Waals surface area contributed by atoms with E-state index in [1.165, 1.54) is 6.92 Å². The van der Waals surface area contributed by atoms with Crippen molar-refractivity contribution >= 4 is 15.9 Å².